The summed E-state index contributed by atoms with van der Waals surface area (Å²) in [7, 11) is 0. The first-order valence-electron chi connectivity index (χ1n) is 11.1. The van der Waals surface area contributed by atoms with E-state index in [4.69, 9.17) is 17.3 Å². The summed E-state index contributed by atoms with van der Waals surface area (Å²) >= 11 is 6.04. The van der Waals surface area contributed by atoms with Crippen LogP contribution in [-0.4, -0.2) is 23.5 Å². The lowest BCUT2D eigenvalue weighted by atomic mass is 9.78. The average Bonchev–Trinajstić information content (AvgIpc) is 3.60. The molecule has 1 heterocycles. The SMILES string of the molecule is C=C(NCC(N)[C@H]1CC[C@H](C(=O)Nc2ccncc2)CC1)C1(c2ccc(Cl)cc2)CC1. The Morgan fingerprint density at radius 3 is 2.39 bits per heavy atom. The van der Waals surface area contributed by atoms with Gasteiger partial charge in [0, 0.05) is 52.7 Å². The van der Waals surface area contributed by atoms with Crippen molar-refractivity contribution in [1.29, 1.82) is 0 Å². The predicted octanol–water partition coefficient (Wildman–Crippen LogP) is 4.64. The van der Waals surface area contributed by atoms with Crippen molar-refractivity contribution in [3.8, 4) is 0 Å². The van der Waals surface area contributed by atoms with Crippen LogP contribution in [0.2, 0.25) is 5.02 Å². The monoisotopic (exact) mass is 438 g/mol. The third-order valence-corrected chi connectivity index (χ3v) is 7.22. The van der Waals surface area contributed by atoms with Crippen molar-refractivity contribution >= 4 is 23.2 Å². The fraction of sp³-hybridized carbons (Fsp3) is 0.440. The molecule has 4 rings (SSSR count). The van der Waals surface area contributed by atoms with E-state index in [1.165, 1.54) is 5.56 Å². The number of pyridine rings is 1. The Labute approximate surface area is 189 Å². The van der Waals surface area contributed by atoms with Crippen LogP contribution in [0, 0.1) is 11.8 Å². The standard InChI is InChI=1S/C25H31ClN4O/c1-17(25(12-13-25)20-6-8-21(26)9-7-20)29-16-23(27)18-2-4-19(5-3-18)24(31)30-22-10-14-28-15-11-22/h6-11,14-15,18-19,23,29H,1-5,12-13,16,27H2,(H,28,30,31)/t18-,19-,23?. The second-order valence-corrected chi connectivity index (χ2v) is 9.39. The maximum atomic E-state index is 12.5. The molecule has 5 nitrogen and oxygen atoms in total. The van der Waals surface area contributed by atoms with E-state index in [0.29, 0.717) is 12.5 Å². The van der Waals surface area contributed by atoms with Crippen molar-refractivity contribution in [3.05, 3.63) is 71.7 Å². The van der Waals surface area contributed by atoms with Gasteiger partial charge in [-0.1, -0.05) is 30.3 Å². The van der Waals surface area contributed by atoms with Gasteiger partial charge in [-0.15, -0.1) is 0 Å². The number of allylic oxidation sites excluding steroid dienone is 1. The molecule has 6 heteroatoms. The van der Waals surface area contributed by atoms with Gasteiger partial charge < -0.3 is 16.4 Å². The van der Waals surface area contributed by atoms with Crippen LogP contribution < -0.4 is 16.4 Å². The van der Waals surface area contributed by atoms with Crippen LogP contribution in [0.3, 0.4) is 0 Å². The number of aromatic nitrogens is 1. The fourth-order valence-electron chi connectivity index (χ4n) is 4.72. The number of carbonyl (C=O) groups excluding carboxylic acids is 1. The molecule has 2 fully saturated rings. The molecule has 31 heavy (non-hydrogen) atoms. The minimum atomic E-state index is 0.0208. The number of hydrogen-bond acceptors (Lipinski definition) is 4. The molecule has 1 aromatic carbocycles. The number of nitrogens with zero attached hydrogens (tertiary/aromatic N) is 1. The Balaban J connectivity index is 1.23. The van der Waals surface area contributed by atoms with Crippen LogP contribution in [0.1, 0.15) is 44.1 Å². The zero-order valence-electron chi connectivity index (χ0n) is 17.8. The largest absolute Gasteiger partial charge is 0.387 e. The summed E-state index contributed by atoms with van der Waals surface area (Å²) in [5.74, 6) is 0.582. The summed E-state index contributed by atoms with van der Waals surface area (Å²) in [6.45, 7) is 5.04. The van der Waals surface area contributed by atoms with Gasteiger partial charge in [0.25, 0.3) is 0 Å². The van der Waals surface area contributed by atoms with E-state index in [1.54, 1.807) is 12.4 Å². The molecule has 0 aliphatic heterocycles. The topological polar surface area (TPSA) is 80.0 Å². The van der Waals surface area contributed by atoms with Crippen LogP contribution in [-0.2, 0) is 10.2 Å². The molecule has 1 unspecified atom stereocenters. The second kappa shape index (κ2) is 9.41. The molecule has 4 N–H and O–H groups in total. The molecule has 1 aromatic heterocycles. The average molecular weight is 439 g/mol. The van der Waals surface area contributed by atoms with Crippen LogP contribution in [0.5, 0.6) is 0 Å². The van der Waals surface area contributed by atoms with Gasteiger partial charge in [-0.25, -0.2) is 0 Å². The van der Waals surface area contributed by atoms with E-state index in [2.05, 4.69) is 34.3 Å². The Kier molecular flexibility index (Phi) is 6.63. The van der Waals surface area contributed by atoms with Crippen LogP contribution in [0.25, 0.3) is 0 Å². The molecule has 2 saturated carbocycles. The van der Waals surface area contributed by atoms with Crippen molar-refractivity contribution in [3.63, 3.8) is 0 Å². The number of halogens is 1. The summed E-state index contributed by atoms with van der Waals surface area (Å²) in [5, 5.41) is 7.28. The van der Waals surface area contributed by atoms with Crippen molar-refractivity contribution in [1.82, 2.24) is 10.3 Å². The first kappa shape index (κ1) is 21.8. The number of nitrogens with two attached hydrogens (primary N) is 1. The Bertz CT molecular complexity index is 903. The quantitative estimate of drug-likeness (QED) is 0.560. The molecule has 0 saturated heterocycles. The lowest BCUT2D eigenvalue weighted by Crippen LogP contribution is -2.43. The summed E-state index contributed by atoms with van der Waals surface area (Å²) in [6, 6.07) is 11.8. The Morgan fingerprint density at radius 2 is 1.77 bits per heavy atom. The maximum absolute atomic E-state index is 12.5. The molecule has 0 radical (unpaired) electrons. The lowest BCUT2D eigenvalue weighted by molar-refractivity contribution is -0.121. The third kappa shape index (κ3) is 5.10. The Morgan fingerprint density at radius 1 is 1.13 bits per heavy atom. The molecular formula is C25H31ClN4O. The smallest absolute Gasteiger partial charge is 0.227 e. The zero-order valence-corrected chi connectivity index (χ0v) is 18.6. The highest BCUT2D eigenvalue weighted by molar-refractivity contribution is 6.30. The second-order valence-electron chi connectivity index (χ2n) is 8.95. The third-order valence-electron chi connectivity index (χ3n) is 6.97. The van der Waals surface area contributed by atoms with Gasteiger partial charge >= 0.3 is 0 Å². The molecule has 164 valence electrons. The van der Waals surface area contributed by atoms with E-state index in [-0.39, 0.29) is 23.3 Å². The zero-order chi connectivity index (χ0) is 21.8. The van der Waals surface area contributed by atoms with Crippen LogP contribution >= 0.6 is 11.6 Å². The van der Waals surface area contributed by atoms with E-state index in [9.17, 15) is 4.79 Å². The number of benzene rings is 1. The normalized spacial score (nSPS) is 22.9. The van der Waals surface area contributed by atoms with Crippen LogP contribution in [0.4, 0.5) is 5.69 Å². The summed E-state index contributed by atoms with van der Waals surface area (Å²) in [4.78, 5) is 16.5. The summed E-state index contributed by atoms with van der Waals surface area (Å²) in [5.41, 5.74) is 9.68. The highest BCUT2D eigenvalue weighted by Gasteiger charge is 2.47. The molecular weight excluding hydrogens is 408 g/mol. The van der Waals surface area contributed by atoms with E-state index in [0.717, 1.165) is 54.9 Å². The van der Waals surface area contributed by atoms with E-state index in [1.807, 2.05) is 24.3 Å². The molecule has 0 spiro atoms. The minimum absolute atomic E-state index is 0.0208. The highest BCUT2D eigenvalue weighted by atomic mass is 35.5. The van der Waals surface area contributed by atoms with Crippen molar-refractivity contribution in [2.75, 3.05) is 11.9 Å². The van der Waals surface area contributed by atoms with Crippen LogP contribution in [0.15, 0.2) is 61.1 Å². The fourth-order valence-corrected chi connectivity index (χ4v) is 4.85. The predicted molar refractivity (Wildman–Crippen MR) is 126 cm³/mol. The molecule has 2 aromatic rings. The van der Waals surface area contributed by atoms with Gasteiger partial charge in [0.1, 0.15) is 0 Å². The van der Waals surface area contributed by atoms with E-state index >= 15 is 0 Å². The Hall–Kier alpha value is -2.37. The maximum Gasteiger partial charge on any atom is 0.227 e. The first-order valence-corrected chi connectivity index (χ1v) is 11.5. The van der Waals surface area contributed by atoms with Gasteiger partial charge in [-0.05, 0) is 74.3 Å². The summed E-state index contributed by atoms with van der Waals surface area (Å²) < 4.78 is 0. The molecule has 2 aliphatic rings. The van der Waals surface area contributed by atoms with Gasteiger partial charge in [0.2, 0.25) is 5.91 Å². The molecule has 0 bridgehead atoms. The number of rotatable bonds is 8. The first-order chi connectivity index (χ1) is 15.0. The van der Waals surface area contributed by atoms with Gasteiger partial charge in [-0.3, -0.25) is 9.78 Å². The number of hydrogen-bond donors (Lipinski definition) is 3. The van der Waals surface area contributed by atoms with Gasteiger partial charge in [0.05, 0.1) is 0 Å². The minimum Gasteiger partial charge on any atom is -0.387 e. The molecule has 1 amide bonds. The van der Waals surface area contributed by atoms with Gasteiger partial charge in [-0.2, -0.15) is 0 Å². The molecule has 2 aliphatic carbocycles. The summed E-state index contributed by atoms with van der Waals surface area (Å²) in [6.07, 6.45) is 9.30. The van der Waals surface area contributed by atoms with Crippen molar-refractivity contribution < 1.29 is 4.79 Å². The highest BCUT2D eigenvalue weighted by Crippen LogP contribution is 2.52. The number of nitrogens with one attached hydrogen (secondary N) is 2. The lowest BCUT2D eigenvalue weighted by Gasteiger charge is -2.32. The van der Waals surface area contributed by atoms with E-state index < -0.39 is 0 Å². The van der Waals surface area contributed by atoms with Crippen molar-refractivity contribution in [2.24, 2.45) is 17.6 Å². The van der Waals surface area contributed by atoms with Gasteiger partial charge in [0.15, 0.2) is 0 Å². The number of amides is 1. The number of anilines is 1. The number of carbonyl (C=O) groups is 1. The van der Waals surface area contributed by atoms with Crippen molar-refractivity contribution in [2.45, 2.75) is 50.0 Å². The molecule has 1 atom stereocenters.